The number of carbonyl (C=O) groups is 2. The van der Waals surface area contributed by atoms with Gasteiger partial charge in [0.05, 0.1) is 6.10 Å². The summed E-state index contributed by atoms with van der Waals surface area (Å²) in [6.07, 6.45) is 5.43. The van der Waals surface area contributed by atoms with E-state index >= 15 is 0 Å². The Balaban J connectivity index is 1.22. The fraction of sp³-hybridized carbons (Fsp3) is 0.538. The van der Waals surface area contributed by atoms with Gasteiger partial charge in [0.15, 0.2) is 0 Å². The maximum Gasteiger partial charge on any atom is 0.270 e. The number of carbonyl (C=O) groups excluding carboxylic acids is 2. The molecule has 1 saturated carbocycles. The number of nitrogens with one attached hydrogen (secondary N) is 2. The fourth-order valence-corrected chi connectivity index (χ4v) is 5.01. The second kappa shape index (κ2) is 11.6. The molecule has 35 heavy (non-hydrogen) atoms. The minimum atomic E-state index is -0.660. The summed E-state index contributed by atoms with van der Waals surface area (Å²) in [6, 6.07) is 10.6. The van der Waals surface area contributed by atoms with Gasteiger partial charge in [-0.2, -0.15) is 0 Å². The van der Waals surface area contributed by atoms with E-state index in [4.69, 9.17) is 0 Å². The van der Waals surface area contributed by atoms with Gasteiger partial charge in [0.25, 0.3) is 5.91 Å². The van der Waals surface area contributed by atoms with Crippen molar-refractivity contribution in [2.75, 3.05) is 32.0 Å². The molecule has 1 aromatic carbocycles. The minimum Gasteiger partial charge on any atom is -0.390 e. The first-order chi connectivity index (χ1) is 16.9. The number of β-amino-alcohol motifs (C(OH)–C–C–N with tert-alkyl or cyclic N) is 1. The van der Waals surface area contributed by atoms with Crippen LogP contribution in [0.5, 0.6) is 0 Å². The molecule has 0 bridgehead atoms. The quantitative estimate of drug-likeness (QED) is 0.529. The van der Waals surface area contributed by atoms with Gasteiger partial charge in [-0.25, -0.2) is 9.97 Å². The fourth-order valence-electron chi connectivity index (χ4n) is 5.01. The van der Waals surface area contributed by atoms with Crippen molar-refractivity contribution in [3.8, 4) is 0 Å². The van der Waals surface area contributed by atoms with Crippen molar-refractivity contribution >= 4 is 17.6 Å². The highest BCUT2D eigenvalue weighted by molar-refractivity contribution is 5.92. The highest BCUT2D eigenvalue weighted by atomic mass is 16.3. The first-order valence-corrected chi connectivity index (χ1v) is 12.5. The lowest BCUT2D eigenvalue weighted by Crippen LogP contribution is -2.42. The van der Waals surface area contributed by atoms with Crippen LogP contribution in [-0.2, 0) is 17.8 Å². The molecule has 0 saturated heterocycles. The first-order valence-electron chi connectivity index (χ1n) is 12.5. The predicted octanol–water partition coefficient (Wildman–Crippen LogP) is 1.83. The highest BCUT2D eigenvalue weighted by Crippen LogP contribution is 2.25. The van der Waals surface area contributed by atoms with Crippen molar-refractivity contribution in [2.45, 2.75) is 63.8 Å². The zero-order valence-corrected chi connectivity index (χ0v) is 20.6. The van der Waals surface area contributed by atoms with Gasteiger partial charge in [-0.15, -0.1) is 0 Å². The maximum absolute atomic E-state index is 12.6. The summed E-state index contributed by atoms with van der Waals surface area (Å²) in [5, 5.41) is 16.7. The lowest BCUT2D eigenvalue weighted by molar-refractivity contribution is -0.130. The maximum atomic E-state index is 12.6. The molecule has 9 heteroatoms. The molecule has 0 unspecified atom stereocenters. The molecule has 4 rings (SSSR count). The van der Waals surface area contributed by atoms with E-state index in [2.05, 4.69) is 43.7 Å². The lowest BCUT2D eigenvalue weighted by Gasteiger charge is -2.34. The largest absolute Gasteiger partial charge is 0.390 e. The number of aliphatic hydroxyl groups excluding tert-OH is 1. The Hall–Kier alpha value is -3.04. The molecule has 1 fully saturated rings. The lowest BCUT2D eigenvalue weighted by atomic mass is 9.90. The number of benzene rings is 1. The van der Waals surface area contributed by atoms with Crippen LogP contribution < -0.4 is 10.6 Å². The Morgan fingerprint density at radius 2 is 1.91 bits per heavy atom. The first kappa shape index (κ1) is 25.1. The van der Waals surface area contributed by atoms with Gasteiger partial charge < -0.3 is 20.6 Å². The van der Waals surface area contributed by atoms with E-state index < -0.39 is 6.10 Å². The molecule has 2 aliphatic rings. The van der Waals surface area contributed by atoms with Crippen LogP contribution in [0.4, 0.5) is 5.82 Å². The highest BCUT2D eigenvalue weighted by Gasteiger charge is 2.25. The molecule has 1 aliphatic carbocycles. The summed E-state index contributed by atoms with van der Waals surface area (Å²) in [5.74, 6) is 0.380. The van der Waals surface area contributed by atoms with Crippen molar-refractivity contribution in [3.63, 3.8) is 0 Å². The van der Waals surface area contributed by atoms with E-state index in [9.17, 15) is 14.7 Å². The number of fused-ring (bicyclic) bond motifs is 1. The van der Waals surface area contributed by atoms with E-state index in [0.717, 1.165) is 45.2 Å². The Kier molecular flexibility index (Phi) is 8.30. The van der Waals surface area contributed by atoms with Crippen molar-refractivity contribution in [3.05, 3.63) is 53.5 Å². The molecule has 2 aromatic rings. The summed E-state index contributed by atoms with van der Waals surface area (Å²) in [6.45, 7) is 3.98. The van der Waals surface area contributed by atoms with Crippen molar-refractivity contribution < 1.29 is 14.7 Å². The molecule has 0 radical (unpaired) electrons. The van der Waals surface area contributed by atoms with Crippen LogP contribution in [0, 0.1) is 0 Å². The zero-order valence-electron chi connectivity index (χ0n) is 20.6. The Bertz CT molecular complexity index is 1020. The van der Waals surface area contributed by atoms with Gasteiger partial charge in [0.1, 0.15) is 17.8 Å². The third-order valence-electron chi connectivity index (χ3n) is 7.17. The Labute approximate surface area is 206 Å². The standard InChI is InChI=1S/C26H36N6O3/c1-18(33)31(2)22-9-7-21(8-10-22)30-25-13-24(28-17-29-25)26(35)27-14-23(34)16-32-12-11-19-5-3-4-6-20(19)15-32/h3-6,13,17,21-23,34H,7-12,14-16H2,1-2H3,(H,27,35)(H,28,29,30)/t21-,22-,23-/m0/s1. The van der Waals surface area contributed by atoms with Crippen LogP contribution in [0.3, 0.4) is 0 Å². The van der Waals surface area contributed by atoms with E-state index in [-0.39, 0.29) is 36.1 Å². The monoisotopic (exact) mass is 480 g/mol. The molecular weight excluding hydrogens is 444 g/mol. The molecule has 3 N–H and O–H groups in total. The number of hydrogen-bond donors (Lipinski definition) is 3. The molecule has 0 spiro atoms. The summed E-state index contributed by atoms with van der Waals surface area (Å²) < 4.78 is 0. The van der Waals surface area contributed by atoms with Gasteiger partial charge in [0.2, 0.25) is 5.91 Å². The number of rotatable bonds is 8. The van der Waals surface area contributed by atoms with Crippen LogP contribution in [0.2, 0.25) is 0 Å². The number of aliphatic hydroxyl groups is 1. The molecule has 2 heterocycles. The molecular formula is C26H36N6O3. The molecule has 9 nitrogen and oxygen atoms in total. The average Bonchev–Trinajstić information content (AvgIpc) is 2.87. The smallest absolute Gasteiger partial charge is 0.270 e. The molecule has 1 aliphatic heterocycles. The van der Waals surface area contributed by atoms with Gasteiger partial charge in [-0.05, 0) is 43.2 Å². The third-order valence-corrected chi connectivity index (χ3v) is 7.17. The van der Waals surface area contributed by atoms with Crippen molar-refractivity contribution in [1.82, 2.24) is 25.1 Å². The SMILES string of the molecule is CC(=O)N(C)[C@H]1CC[C@H](Nc2cc(C(=O)NC[C@H](O)CN3CCc4ccccc4C3)ncn2)CC1. The van der Waals surface area contributed by atoms with Gasteiger partial charge in [-0.1, -0.05) is 24.3 Å². The van der Waals surface area contributed by atoms with Crippen molar-refractivity contribution in [1.29, 1.82) is 0 Å². The van der Waals surface area contributed by atoms with Gasteiger partial charge in [0, 0.05) is 58.3 Å². The van der Waals surface area contributed by atoms with Gasteiger partial charge in [-0.3, -0.25) is 14.5 Å². The topological polar surface area (TPSA) is 111 Å². The Morgan fingerprint density at radius 1 is 1.17 bits per heavy atom. The minimum absolute atomic E-state index is 0.0965. The normalized spacial score (nSPS) is 21.0. The molecule has 1 aromatic heterocycles. The Morgan fingerprint density at radius 3 is 2.66 bits per heavy atom. The van der Waals surface area contributed by atoms with Crippen LogP contribution in [-0.4, -0.2) is 81.6 Å². The van der Waals surface area contributed by atoms with Gasteiger partial charge >= 0.3 is 0 Å². The summed E-state index contributed by atoms with van der Waals surface area (Å²) in [4.78, 5) is 36.6. The van der Waals surface area contributed by atoms with E-state index in [0.29, 0.717) is 12.4 Å². The number of aromatic nitrogens is 2. The average molecular weight is 481 g/mol. The number of hydrogen-bond acceptors (Lipinski definition) is 7. The van der Waals surface area contributed by atoms with E-state index in [1.807, 2.05) is 18.0 Å². The number of anilines is 1. The van der Waals surface area contributed by atoms with Crippen LogP contribution in [0.25, 0.3) is 0 Å². The third kappa shape index (κ3) is 6.76. The van der Waals surface area contributed by atoms with Crippen molar-refractivity contribution in [2.24, 2.45) is 0 Å². The second-order valence-electron chi connectivity index (χ2n) is 9.69. The second-order valence-corrected chi connectivity index (χ2v) is 9.69. The van der Waals surface area contributed by atoms with Crippen LogP contribution in [0.15, 0.2) is 36.7 Å². The van der Waals surface area contributed by atoms with Crippen LogP contribution in [0.1, 0.15) is 54.2 Å². The molecule has 1 atom stereocenters. The summed E-state index contributed by atoms with van der Waals surface area (Å²) in [5.41, 5.74) is 2.94. The number of amides is 2. The molecule has 2 amide bonds. The molecule has 188 valence electrons. The van der Waals surface area contributed by atoms with E-state index in [1.165, 1.54) is 17.5 Å². The van der Waals surface area contributed by atoms with Crippen LogP contribution >= 0.6 is 0 Å². The summed E-state index contributed by atoms with van der Waals surface area (Å²) in [7, 11) is 1.86. The number of nitrogens with zero attached hydrogens (tertiary/aromatic N) is 4. The predicted molar refractivity (Wildman–Crippen MR) is 134 cm³/mol. The van der Waals surface area contributed by atoms with E-state index in [1.54, 1.807) is 13.0 Å². The zero-order chi connectivity index (χ0) is 24.8. The summed E-state index contributed by atoms with van der Waals surface area (Å²) >= 11 is 0.